The summed E-state index contributed by atoms with van der Waals surface area (Å²) in [6, 6.07) is 0. The van der Waals surface area contributed by atoms with Crippen molar-refractivity contribution in [2.24, 2.45) is 5.41 Å². The van der Waals surface area contributed by atoms with Gasteiger partial charge in [0.2, 0.25) is 0 Å². The summed E-state index contributed by atoms with van der Waals surface area (Å²) in [5, 5.41) is 8.47. The van der Waals surface area contributed by atoms with E-state index in [2.05, 4.69) is 5.92 Å². The molecular formula is C6H7O. The van der Waals surface area contributed by atoms with Crippen LogP contribution in [0.1, 0.15) is 12.8 Å². The van der Waals surface area contributed by atoms with Crippen molar-refractivity contribution in [3.8, 4) is 5.92 Å². The molecule has 0 spiro atoms. The minimum Gasteiger partial charge on any atom is -0.395 e. The second kappa shape index (κ2) is 1.24. The van der Waals surface area contributed by atoms with Crippen LogP contribution in [-0.4, -0.2) is 11.7 Å². The highest BCUT2D eigenvalue weighted by Gasteiger charge is 2.39. The largest absolute Gasteiger partial charge is 0.395 e. The number of rotatable bonds is 1. The molecular weight excluding hydrogens is 88.1 g/mol. The van der Waals surface area contributed by atoms with E-state index in [1.165, 1.54) is 0 Å². The Balaban J connectivity index is 2.47. The number of aliphatic hydroxyl groups excluding tert-OH is 1. The van der Waals surface area contributed by atoms with Gasteiger partial charge in [-0.1, -0.05) is 5.92 Å². The van der Waals surface area contributed by atoms with E-state index in [0.29, 0.717) is 0 Å². The molecule has 0 atom stereocenters. The predicted octanol–water partition coefficient (Wildman–Crippen LogP) is 0.349. The first kappa shape index (κ1) is 4.67. The quantitative estimate of drug-likeness (QED) is 0.466. The van der Waals surface area contributed by atoms with Crippen LogP contribution in [0.4, 0.5) is 0 Å². The van der Waals surface area contributed by atoms with Crippen LogP contribution in [0, 0.1) is 17.8 Å². The fraction of sp³-hybridized carbons (Fsp3) is 0.667. The van der Waals surface area contributed by atoms with Crippen molar-refractivity contribution >= 4 is 0 Å². The van der Waals surface area contributed by atoms with Crippen molar-refractivity contribution in [1.82, 2.24) is 0 Å². The van der Waals surface area contributed by atoms with E-state index in [4.69, 9.17) is 11.5 Å². The van der Waals surface area contributed by atoms with Crippen molar-refractivity contribution in [1.29, 1.82) is 0 Å². The maximum Gasteiger partial charge on any atom is 0.0597 e. The predicted molar refractivity (Wildman–Crippen MR) is 25.9 cm³/mol. The Hall–Kier alpha value is -0.480. The lowest BCUT2D eigenvalue weighted by Gasteiger charge is -1.95. The second-order valence-corrected chi connectivity index (χ2v) is 2.06. The standard InChI is InChI=1S/C6H7O/c1-2-6(5-7)3-4-6/h7H,3-5H2. The van der Waals surface area contributed by atoms with E-state index in [9.17, 15) is 0 Å². The van der Waals surface area contributed by atoms with Crippen LogP contribution < -0.4 is 0 Å². The molecule has 0 aromatic heterocycles. The summed E-state index contributed by atoms with van der Waals surface area (Å²) in [6.45, 7) is 0.108. The van der Waals surface area contributed by atoms with E-state index < -0.39 is 0 Å². The molecule has 0 aliphatic heterocycles. The Morgan fingerprint density at radius 3 is 2.29 bits per heavy atom. The number of aliphatic hydroxyl groups is 1. The van der Waals surface area contributed by atoms with Crippen LogP contribution in [0.2, 0.25) is 0 Å². The minimum absolute atomic E-state index is 0.108. The molecule has 37 valence electrons. The van der Waals surface area contributed by atoms with Gasteiger partial charge < -0.3 is 5.11 Å². The van der Waals surface area contributed by atoms with Crippen molar-refractivity contribution in [3.63, 3.8) is 0 Å². The van der Waals surface area contributed by atoms with E-state index in [-0.39, 0.29) is 12.0 Å². The van der Waals surface area contributed by atoms with Crippen LogP contribution >= 0.6 is 0 Å². The SMILES string of the molecule is [C]#CC1(CO)CC1. The fourth-order valence-corrected chi connectivity index (χ4v) is 0.474. The van der Waals surface area contributed by atoms with Crippen molar-refractivity contribution in [2.45, 2.75) is 12.8 Å². The molecule has 1 nitrogen and oxygen atoms in total. The molecule has 0 aromatic rings. The average molecular weight is 95.1 g/mol. The van der Waals surface area contributed by atoms with E-state index in [1.54, 1.807) is 0 Å². The van der Waals surface area contributed by atoms with Gasteiger partial charge in [-0.25, -0.2) is 0 Å². The molecule has 0 aromatic carbocycles. The van der Waals surface area contributed by atoms with Crippen LogP contribution in [0.15, 0.2) is 0 Å². The van der Waals surface area contributed by atoms with E-state index in [0.717, 1.165) is 12.8 Å². The fourth-order valence-electron chi connectivity index (χ4n) is 0.474. The lowest BCUT2D eigenvalue weighted by Crippen LogP contribution is -2.00. The van der Waals surface area contributed by atoms with Crippen molar-refractivity contribution in [2.75, 3.05) is 6.61 Å². The highest BCUT2D eigenvalue weighted by atomic mass is 16.3. The molecule has 0 heterocycles. The van der Waals surface area contributed by atoms with Crippen molar-refractivity contribution in [3.05, 3.63) is 6.42 Å². The summed E-state index contributed by atoms with van der Waals surface area (Å²) in [4.78, 5) is 0. The molecule has 1 radical (unpaired) electrons. The zero-order valence-electron chi connectivity index (χ0n) is 4.07. The van der Waals surface area contributed by atoms with Gasteiger partial charge >= 0.3 is 0 Å². The van der Waals surface area contributed by atoms with Crippen LogP contribution in [0.3, 0.4) is 0 Å². The Bertz CT molecular complexity index is 106. The van der Waals surface area contributed by atoms with Gasteiger partial charge in [0, 0.05) is 0 Å². The third kappa shape index (κ3) is 0.618. The first-order chi connectivity index (χ1) is 3.33. The topological polar surface area (TPSA) is 20.2 Å². The molecule has 0 saturated heterocycles. The molecule has 1 aliphatic rings. The molecule has 7 heavy (non-hydrogen) atoms. The van der Waals surface area contributed by atoms with Gasteiger partial charge in [0.05, 0.1) is 12.0 Å². The minimum atomic E-state index is -0.194. The van der Waals surface area contributed by atoms with Crippen LogP contribution in [0.25, 0.3) is 0 Å². The highest BCUT2D eigenvalue weighted by Crippen LogP contribution is 2.43. The molecule has 1 rings (SSSR count). The third-order valence-electron chi connectivity index (χ3n) is 1.42. The Kier molecular flexibility index (Phi) is 0.831. The first-order valence-corrected chi connectivity index (χ1v) is 2.38. The van der Waals surface area contributed by atoms with Gasteiger partial charge in [0.15, 0.2) is 0 Å². The van der Waals surface area contributed by atoms with E-state index >= 15 is 0 Å². The van der Waals surface area contributed by atoms with Gasteiger partial charge in [0.1, 0.15) is 0 Å². The van der Waals surface area contributed by atoms with Gasteiger partial charge in [-0.3, -0.25) is 0 Å². The summed E-state index contributed by atoms with van der Waals surface area (Å²) < 4.78 is 0. The highest BCUT2D eigenvalue weighted by molar-refractivity contribution is 5.11. The normalized spacial score (nSPS) is 23.4. The Morgan fingerprint density at radius 1 is 1.71 bits per heavy atom. The average Bonchev–Trinajstić information content (AvgIpc) is 2.46. The Morgan fingerprint density at radius 2 is 2.29 bits per heavy atom. The Labute approximate surface area is 43.4 Å². The maximum absolute atomic E-state index is 8.47. The van der Waals surface area contributed by atoms with Crippen LogP contribution in [-0.2, 0) is 0 Å². The lowest BCUT2D eigenvalue weighted by atomic mass is 10.1. The van der Waals surface area contributed by atoms with Crippen molar-refractivity contribution < 1.29 is 5.11 Å². The number of hydrogen-bond donors (Lipinski definition) is 1. The molecule has 1 N–H and O–H groups in total. The van der Waals surface area contributed by atoms with Gasteiger partial charge in [-0.05, 0) is 19.3 Å². The summed E-state index contributed by atoms with van der Waals surface area (Å²) >= 11 is 0. The summed E-state index contributed by atoms with van der Waals surface area (Å²) in [5.74, 6) is 2.30. The third-order valence-corrected chi connectivity index (χ3v) is 1.42. The zero-order valence-corrected chi connectivity index (χ0v) is 4.07. The molecule has 1 fully saturated rings. The van der Waals surface area contributed by atoms with Gasteiger partial charge in [-0.2, -0.15) is 0 Å². The molecule has 1 aliphatic carbocycles. The molecule has 0 unspecified atom stereocenters. The molecule has 1 saturated carbocycles. The smallest absolute Gasteiger partial charge is 0.0597 e. The second-order valence-electron chi connectivity index (χ2n) is 2.06. The number of hydrogen-bond acceptors (Lipinski definition) is 1. The molecule has 0 amide bonds. The van der Waals surface area contributed by atoms with Gasteiger partial charge in [-0.15, -0.1) is 0 Å². The maximum atomic E-state index is 8.47. The van der Waals surface area contributed by atoms with Gasteiger partial charge in [0.25, 0.3) is 0 Å². The van der Waals surface area contributed by atoms with E-state index in [1.807, 2.05) is 0 Å². The van der Waals surface area contributed by atoms with Crippen LogP contribution in [0.5, 0.6) is 0 Å². The lowest BCUT2D eigenvalue weighted by molar-refractivity contribution is 0.247. The summed E-state index contributed by atoms with van der Waals surface area (Å²) in [5.41, 5.74) is -0.194. The zero-order chi connectivity index (χ0) is 5.33. The monoisotopic (exact) mass is 95.0 g/mol. The molecule has 0 bridgehead atoms. The first-order valence-electron chi connectivity index (χ1n) is 2.38. The summed E-state index contributed by atoms with van der Waals surface area (Å²) in [6.07, 6.45) is 8.56. The summed E-state index contributed by atoms with van der Waals surface area (Å²) in [7, 11) is 0. The molecule has 1 heteroatoms.